The Balaban J connectivity index is 1.66. The quantitative estimate of drug-likeness (QED) is 0.288. The van der Waals surface area contributed by atoms with Crippen molar-refractivity contribution in [1.82, 2.24) is 4.98 Å². The molecule has 0 saturated carbocycles. The molecule has 162 valence electrons. The average molecular weight is 490 g/mol. The van der Waals surface area contributed by atoms with Crippen molar-refractivity contribution >= 4 is 46.6 Å². The van der Waals surface area contributed by atoms with E-state index in [-0.39, 0.29) is 11.7 Å². The maximum Gasteiger partial charge on any atom is 0.234 e. The fourth-order valence-electron chi connectivity index (χ4n) is 3.29. The third kappa shape index (κ3) is 5.74. The molecule has 0 radical (unpaired) electrons. The molecular formula is C26H17Cl2N3OS. The van der Waals surface area contributed by atoms with E-state index in [4.69, 9.17) is 28.2 Å². The first-order chi connectivity index (χ1) is 16.0. The molecule has 0 atom stereocenters. The van der Waals surface area contributed by atoms with Gasteiger partial charge in [-0.05, 0) is 29.8 Å². The van der Waals surface area contributed by atoms with E-state index < -0.39 is 0 Å². The lowest BCUT2D eigenvalue weighted by atomic mass is 9.99. The minimum atomic E-state index is -0.254. The van der Waals surface area contributed by atoms with Gasteiger partial charge < -0.3 is 5.32 Å². The van der Waals surface area contributed by atoms with E-state index in [0.717, 1.165) is 22.4 Å². The average Bonchev–Trinajstić information content (AvgIpc) is 2.82. The van der Waals surface area contributed by atoms with Crippen LogP contribution in [0, 0.1) is 11.3 Å². The van der Waals surface area contributed by atoms with Crippen molar-refractivity contribution in [2.75, 3.05) is 11.1 Å². The highest BCUT2D eigenvalue weighted by atomic mass is 35.5. The predicted octanol–water partition coefficient (Wildman–Crippen LogP) is 7.32. The molecule has 0 unspecified atom stereocenters. The molecular weight excluding hydrogens is 473 g/mol. The van der Waals surface area contributed by atoms with Crippen molar-refractivity contribution in [3.05, 3.63) is 101 Å². The predicted molar refractivity (Wildman–Crippen MR) is 136 cm³/mol. The highest BCUT2D eigenvalue weighted by Crippen LogP contribution is 2.34. The molecule has 0 saturated heterocycles. The van der Waals surface area contributed by atoms with Crippen LogP contribution in [0.3, 0.4) is 0 Å². The van der Waals surface area contributed by atoms with Gasteiger partial charge in [0.1, 0.15) is 11.1 Å². The summed E-state index contributed by atoms with van der Waals surface area (Å²) in [6, 6.07) is 28.5. The first-order valence-electron chi connectivity index (χ1n) is 9.98. The summed E-state index contributed by atoms with van der Waals surface area (Å²) >= 11 is 13.2. The number of hydrogen-bond donors (Lipinski definition) is 1. The standard InChI is InChI=1S/C26H17Cl2N3OS/c27-19-11-20(28)13-21(12-19)30-25(32)16-33-26-23(15-29)22(17-7-3-1-4-8-17)14-24(31-26)18-9-5-2-6-10-18/h1-14H,16H2,(H,30,32). The van der Waals surface area contributed by atoms with Gasteiger partial charge in [0.2, 0.25) is 5.91 Å². The normalized spacial score (nSPS) is 10.5. The van der Waals surface area contributed by atoms with Crippen molar-refractivity contribution in [3.8, 4) is 28.5 Å². The van der Waals surface area contributed by atoms with Gasteiger partial charge in [0.15, 0.2) is 0 Å². The highest BCUT2D eigenvalue weighted by molar-refractivity contribution is 8.00. The molecule has 0 bridgehead atoms. The second kappa shape index (κ2) is 10.5. The minimum absolute atomic E-state index is 0.0677. The summed E-state index contributed by atoms with van der Waals surface area (Å²) in [4.78, 5) is 17.3. The molecule has 4 nitrogen and oxygen atoms in total. The summed E-state index contributed by atoms with van der Waals surface area (Å²) in [6.45, 7) is 0. The van der Waals surface area contributed by atoms with Crippen LogP contribution in [0.2, 0.25) is 10.0 Å². The van der Waals surface area contributed by atoms with Crippen LogP contribution < -0.4 is 5.32 Å². The van der Waals surface area contributed by atoms with Gasteiger partial charge in [-0.25, -0.2) is 4.98 Å². The number of aromatic nitrogens is 1. The zero-order valence-electron chi connectivity index (χ0n) is 17.3. The Morgan fingerprint density at radius 1 is 0.909 bits per heavy atom. The number of halogens is 2. The lowest BCUT2D eigenvalue weighted by Gasteiger charge is -2.13. The van der Waals surface area contributed by atoms with E-state index in [1.807, 2.05) is 66.7 Å². The van der Waals surface area contributed by atoms with Crippen molar-refractivity contribution in [3.63, 3.8) is 0 Å². The van der Waals surface area contributed by atoms with Gasteiger partial charge in [0.05, 0.1) is 17.0 Å². The summed E-state index contributed by atoms with van der Waals surface area (Å²) in [7, 11) is 0. The summed E-state index contributed by atoms with van der Waals surface area (Å²) in [5.74, 6) is -0.187. The maximum atomic E-state index is 12.6. The van der Waals surface area contributed by atoms with Gasteiger partial charge in [0, 0.05) is 26.9 Å². The summed E-state index contributed by atoms with van der Waals surface area (Å²) in [5, 5.41) is 14.1. The monoisotopic (exact) mass is 489 g/mol. The number of benzene rings is 3. The third-order valence-corrected chi connectivity index (χ3v) is 6.15. The zero-order chi connectivity index (χ0) is 23.2. The molecule has 0 aliphatic rings. The Bertz CT molecular complexity index is 1320. The number of hydrogen-bond acceptors (Lipinski definition) is 4. The van der Waals surface area contributed by atoms with Gasteiger partial charge >= 0.3 is 0 Å². The number of amides is 1. The van der Waals surface area contributed by atoms with Gasteiger partial charge in [-0.2, -0.15) is 5.26 Å². The number of carbonyl (C=O) groups is 1. The van der Waals surface area contributed by atoms with Crippen LogP contribution in [0.5, 0.6) is 0 Å². The number of nitriles is 1. The van der Waals surface area contributed by atoms with Gasteiger partial charge in [-0.3, -0.25) is 4.79 Å². The van der Waals surface area contributed by atoms with E-state index in [9.17, 15) is 10.1 Å². The summed E-state index contributed by atoms with van der Waals surface area (Å²) in [6.07, 6.45) is 0. The summed E-state index contributed by atoms with van der Waals surface area (Å²) < 4.78 is 0. The highest BCUT2D eigenvalue weighted by Gasteiger charge is 2.17. The van der Waals surface area contributed by atoms with Crippen LogP contribution in [-0.2, 0) is 4.79 Å². The molecule has 33 heavy (non-hydrogen) atoms. The molecule has 4 aromatic rings. The van der Waals surface area contributed by atoms with Crippen LogP contribution >= 0.6 is 35.0 Å². The molecule has 1 heterocycles. The Morgan fingerprint density at radius 3 is 2.12 bits per heavy atom. The Hall–Kier alpha value is -3.30. The first-order valence-corrected chi connectivity index (χ1v) is 11.7. The van der Waals surface area contributed by atoms with Crippen molar-refractivity contribution in [2.24, 2.45) is 0 Å². The second-order valence-corrected chi connectivity index (χ2v) is 8.91. The van der Waals surface area contributed by atoms with Crippen molar-refractivity contribution < 1.29 is 4.79 Å². The molecule has 4 rings (SSSR count). The topological polar surface area (TPSA) is 65.8 Å². The molecule has 1 aromatic heterocycles. The van der Waals surface area contributed by atoms with E-state index in [1.54, 1.807) is 18.2 Å². The molecule has 0 aliphatic heterocycles. The number of thioether (sulfide) groups is 1. The van der Waals surface area contributed by atoms with Gasteiger partial charge in [0.25, 0.3) is 0 Å². The second-order valence-electron chi connectivity index (χ2n) is 7.07. The molecule has 0 spiro atoms. The molecule has 0 aliphatic carbocycles. The number of anilines is 1. The van der Waals surface area contributed by atoms with Crippen LogP contribution in [-0.4, -0.2) is 16.6 Å². The van der Waals surface area contributed by atoms with Gasteiger partial charge in [-0.15, -0.1) is 0 Å². The van der Waals surface area contributed by atoms with Gasteiger partial charge in [-0.1, -0.05) is 95.6 Å². The van der Waals surface area contributed by atoms with E-state index >= 15 is 0 Å². The van der Waals surface area contributed by atoms with E-state index in [2.05, 4.69) is 11.4 Å². The van der Waals surface area contributed by atoms with Crippen LogP contribution in [0.1, 0.15) is 5.56 Å². The zero-order valence-corrected chi connectivity index (χ0v) is 19.6. The van der Waals surface area contributed by atoms with Crippen LogP contribution in [0.4, 0.5) is 5.69 Å². The number of pyridine rings is 1. The number of rotatable bonds is 6. The Labute approximate surface area is 206 Å². The number of carbonyl (C=O) groups excluding carboxylic acids is 1. The number of nitrogens with one attached hydrogen (secondary N) is 1. The third-order valence-electron chi connectivity index (χ3n) is 4.74. The molecule has 1 amide bonds. The van der Waals surface area contributed by atoms with Crippen LogP contribution in [0.25, 0.3) is 22.4 Å². The molecule has 0 fully saturated rings. The Morgan fingerprint density at radius 2 is 1.52 bits per heavy atom. The minimum Gasteiger partial charge on any atom is -0.325 e. The SMILES string of the molecule is N#Cc1c(-c2ccccc2)cc(-c2ccccc2)nc1SCC(=O)Nc1cc(Cl)cc(Cl)c1. The number of nitrogens with zero attached hydrogens (tertiary/aromatic N) is 2. The molecule has 7 heteroatoms. The molecule has 1 N–H and O–H groups in total. The van der Waals surface area contributed by atoms with Crippen molar-refractivity contribution in [2.45, 2.75) is 5.03 Å². The maximum absolute atomic E-state index is 12.6. The first kappa shape index (κ1) is 22.9. The van der Waals surface area contributed by atoms with E-state index in [0.29, 0.717) is 26.3 Å². The fraction of sp³-hybridized carbons (Fsp3) is 0.0385. The Kier molecular flexibility index (Phi) is 7.31. The molecule has 3 aromatic carbocycles. The lowest BCUT2D eigenvalue weighted by molar-refractivity contribution is -0.113. The fourth-order valence-corrected chi connectivity index (χ4v) is 4.62. The largest absolute Gasteiger partial charge is 0.325 e. The van der Waals surface area contributed by atoms with E-state index in [1.165, 1.54) is 11.8 Å². The summed E-state index contributed by atoms with van der Waals surface area (Å²) in [5.41, 5.74) is 4.29. The van der Waals surface area contributed by atoms with Crippen LogP contribution in [0.15, 0.2) is 90.0 Å². The van der Waals surface area contributed by atoms with Crippen molar-refractivity contribution in [1.29, 1.82) is 5.26 Å². The lowest BCUT2D eigenvalue weighted by Crippen LogP contribution is -2.14. The smallest absolute Gasteiger partial charge is 0.234 e.